The average Bonchev–Trinajstić information content (AvgIpc) is 2.41. The number of rotatable bonds is 3. The van der Waals surface area contributed by atoms with Gasteiger partial charge in [0.15, 0.2) is 0 Å². The lowest BCUT2D eigenvalue weighted by molar-refractivity contribution is 0.102. The standard InChI is InChI=1S/C14H12BrNOS/c1-18-13-8-2-10(3-9-13)14(17)16-12-6-4-11(15)5-7-12/h2-9H,1H3,(H,16,17). The normalized spacial score (nSPS) is 10.1. The van der Waals surface area contributed by atoms with E-state index in [2.05, 4.69) is 21.2 Å². The summed E-state index contributed by atoms with van der Waals surface area (Å²) in [4.78, 5) is 13.1. The molecule has 1 N–H and O–H groups in total. The van der Waals surface area contributed by atoms with Gasteiger partial charge in [0.25, 0.3) is 5.91 Å². The van der Waals surface area contributed by atoms with E-state index in [-0.39, 0.29) is 5.91 Å². The van der Waals surface area contributed by atoms with Gasteiger partial charge >= 0.3 is 0 Å². The first kappa shape index (κ1) is 13.2. The first-order valence-electron chi connectivity index (χ1n) is 5.40. The maximum absolute atomic E-state index is 12.0. The van der Waals surface area contributed by atoms with Crippen molar-refractivity contribution in [3.8, 4) is 0 Å². The second kappa shape index (κ2) is 6.07. The highest BCUT2D eigenvalue weighted by atomic mass is 79.9. The summed E-state index contributed by atoms with van der Waals surface area (Å²) in [5, 5.41) is 2.86. The fourth-order valence-electron chi connectivity index (χ4n) is 1.48. The van der Waals surface area contributed by atoms with Crippen molar-refractivity contribution in [3.05, 3.63) is 58.6 Å². The van der Waals surface area contributed by atoms with Crippen molar-refractivity contribution in [2.45, 2.75) is 4.90 Å². The van der Waals surface area contributed by atoms with Gasteiger partial charge in [-0.3, -0.25) is 4.79 Å². The maximum Gasteiger partial charge on any atom is 0.255 e. The fraction of sp³-hybridized carbons (Fsp3) is 0.0714. The lowest BCUT2D eigenvalue weighted by atomic mass is 10.2. The monoisotopic (exact) mass is 321 g/mol. The van der Waals surface area contributed by atoms with Gasteiger partial charge in [-0.2, -0.15) is 0 Å². The third-order valence-corrected chi connectivity index (χ3v) is 3.73. The first-order valence-corrected chi connectivity index (χ1v) is 7.42. The molecule has 0 aliphatic heterocycles. The molecule has 0 unspecified atom stereocenters. The number of benzene rings is 2. The molecule has 92 valence electrons. The molecule has 0 saturated heterocycles. The van der Waals surface area contributed by atoms with Gasteiger partial charge in [-0.05, 0) is 54.8 Å². The molecule has 2 aromatic rings. The van der Waals surface area contributed by atoms with Gasteiger partial charge in [0, 0.05) is 20.6 Å². The zero-order valence-electron chi connectivity index (χ0n) is 9.81. The van der Waals surface area contributed by atoms with Gasteiger partial charge < -0.3 is 5.32 Å². The van der Waals surface area contributed by atoms with E-state index in [9.17, 15) is 4.79 Å². The second-order valence-corrected chi connectivity index (χ2v) is 5.48. The summed E-state index contributed by atoms with van der Waals surface area (Å²) in [5.74, 6) is -0.0926. The van der Waals surface area contributed by atoms with Crippen LogP contribution in [0.25, 0.3) is 0 Å². The molecular weight excluding hydrogens is 310 g/mol. The Morgan fingerprint density at radius 3 is 2.22 bits per heavy atom. The van der Waals surface area contributed by atoms with Crippen LogP contribution in [-0.2, 0) is 0 Å². The zero-order chi connectivity index (χ0) is 13.0. The molecule has 0 fully saturated rings. The Bertz CT molecular complexity index is 537. The predicted octanol–water partition coefficient (Wildman–Crippen LogP) is 4.42. The minimum absolute atomic E-state index is 0.0926. The van der Waals surface area contributed by atoms with Gasteiger partial charge in [0.2, 0.25) is 0 Å². The van der Waals surface area contributed by atoms with Crippen LogP contribution in [0, 0.1) is 0 Å². The molecule has 2 rings (SSSR count). The van der Waals surface area contributed by atoms with Crippen molar-refractivity contribution < 1.29 is 4.79 Å². The molecule has 0 radical (unpaired) electrons. The summed E-state index contributed by atoms with van der Waals surface area (Å²) in [6, 6.07) is 15.1. The van der Waals surface area contributed by atoms with Crippen molar-refractivity contribution in [2.75, 3.05) is 11.6 Å². The van der Waals surface area contributed by atoms with E-state index in [0.29, 0.717) is 5.56 Å². The van der Waals surface area contributed by atoms with Crippen molar-refractivity contribution in [3.63, 3.8) is 0 Å². The van der Waals surface area contributed by atoms with Crippen LogP contribution in [0.15, 0.2) is 57.9 Å². The molecule has 0 bridgehead atoms. The van der Waals surface area contributed by atoms with Gasteiger partial charge in [-0.15, -0.1) is 11.8 Å². The molecular formula is C14H12BrNOS. The van der Waals surface area contributed by atoms with Crippen LogP contribution in [0.3, 0.4) is 0 Å². The van der Waals surface area contributed by atoms with Crippen LogP contribution < -0.4 is 5.32 Å². The van der Waals surface area contributed by atoms with Crippen LogP contribution in [0.4, 0.5) is 5.69 Å². The molecule has 1 amide bonds. The van der Waals surface area contributed by atoms with Crippen LogP contribution in [0.5, 0.6) is 0 Å². The number of hydrogen-bond acceptors (Lipinski definition) is 2. The molecule has 2 nitrogen and oxygen atoms in total. The van der Waals surface area contributed by atoms with Crippen LogP contribution >= 0.6 is 27.7 Å². The van der Waals surface area contributed by atoms with Crippen LogP contribution in [0.1, 0.15) is 10.4 Å². The summed E-state index contributed by atoms with van der Waals surface area (Å²) in [7, 11) is 0. The second-order valence-electron chi connectivity index (χ2n) is 3.69. The molecule has 18 heavy (non-hydrogen) atoms. The van der Waals surface area contributed by atoms with Crippen molar-refractivity contribution in [1.82, 2.24) is 0 Å². The molecule has 4 heteroatoms. The number of hydrogen-bond donors (Lipinski definition) is 1. The van der Waals surface area contributed by atoms with Crippen LogP contribution in [0.2, 0.25) is 0 Å². The van der Waals surface area contributed by atoms with E-state index in [1.165, 1.54) is 0 Å². The molecule has 0 atom stereocenters. The zero-order valence-corrected chi connectivity index (χ0v) is 12.2. The smallest absolute Gasteiger partial charge is 0.255 e. The Morgan fingerprint density at radius 1 is 1.06 bits per heavy atom. The van der Waals surface area contributed by atoms with E-state index < -0.39 is 0 Å². The van der Waals surface area contributed by atoms with Gasteiger partial charge in [0.1, 0.15) is 0 Å². The summed E-state index contributed by atoms with van der Waals surface area (Å²) in [6.45, 7) is 0. The lowest BCUT2D eigenvalue weighted by Crippen LogP contribution is -2.11. The molecule has 0 aliphatic carbocycles. The molecule has 0 saturated carbocycles. The number of halogens is 1. The van der Waals surface area contributed by atoms with Crippen molar-refractivity contribution >= 4 is 39.3 Å². The molecule has 2 aromatic carbocycles. The third kappa shape index (κ3) is 3.37. The molecule has 0 aromatic heterocycles. The van der Waals surface area contributed by atoms with E-state index in [4.69, 9.17) is 0 Å². The maximum atomic E-state index is 12.0. The molecule has 0 aliphatic rings. The highest BCUT2D eigenvalue weighted by Crippen LogP contribution is 2.17. The minimum Gasteiger partial charge on any atom is -0.322 e. The Kier molecular flexibility index (Phi) is 4.44. The topological polar surface area (TPSA) is 29.1 Å². The predicted molar refractivity (Wildman–Crippen MR) is 80.3 cm³/mol. The van der Waals surface area contributed by atoms with E-state index in [1.54, 1.807) is 11.8 Å². The largest absolute Gasteiger partial charge is 0.322 e. The summed E-state index contributed by atoms with van der Waals surface area (Å²) >= 11 is 5.02. The highest BCUT2D eigenvalue weighted by molar-refractivity contribution is 9.10. The fourth-order valence-corrected chi connectivity index (χ4v) is 2.15. The first-order chi connectivity index (χ1) is 8.69. The van der Waals surface area contributed by atoms with E-state index in [1.807, 2.05) is 54.8 Å². The Hall–Kier alpha value is -1.26. The van der Waals surface area contributed by atoms with Gasteiger partial charge in [-0.1, -0.05) is 15.9 Å². The lowest BCUT2D eigenvalue weighted by Gasteiger charge is -2.05. The summed E-state index contributed by atoms with van der Waals surface area (Å²) in [6.07, 6.45) is 2.01. The van der Waals surface area contributed by atoms with E-state index >= 15 is 0 Å². The van der Waals surface area contributed by atoms with Crippen molar-refractivity contribution in [1.29, 1.82) is 0 Å². The Morgan fingerprint density at radius 2 is 1.67 bits per heavy atom. The summed E-state index contributed by atoms with van der Waals surface area (Å²) in [5.41, 5.74) is 1.45. The SMILES string of the molecule is CSc1ccc(C(=O)Nc2ccc(Br)cc2)cc1. The molecule has 0 heterocycles. The van der Waals surface area contributed by atoms with E-state index in [0.717, 1.165) is 15.1 Å². The third-order valence-electron chi connectivity index (χ3n) is 2.45. The minimum atomic E-state index is -0.0926. The quantitative estimate of drug-likeness (QED) is 0.848. The number of carbonyl (C=O) groups excluding carboxylic acids is 1. The van der Waals surface area contributed by atoms with Gasteiger partial charge in [-0.25, -0.2) is 0 Å². The Labute approximate surface area is 119 Å². The molecule has 0 spiro atoms. The summed E-state index contributed by atoms with van der Waals surface area (Å²) < 4.78 is 0.991. The van der Waals surface area contributed by atoms with Crippen LogP contribution in [-0.4, -0.2) is 12.2 Å². The average molecular weight is 322 g/mol. The van der Waals surface area contributed by atoms with Crippen molar-refractivity contribution in [2.24, 2.45) is 0 Å². The highest BCUT2D eigenvalue weighted by Gasteiger charge is 2.05. The Balaban J connectivity index is 2.09. The number of amides is 1. The van der Waals surface area contributed by atoms with Gasteiger partial charge in [0.05, 0.1) is 0 Å². The number of nitrogens with one attached hydrogen (secondary N) is 1. The number of thioether (sulfide) groups is 1. The number of anilines is 1. The number of carbonyl (C=O) groups is 1.